The fraction of sp³-hybridized carbons (Fsp3) is 0.400. The third kappa shape index (κ3) is 3.49. The number of benzene rings is 1. The number of ketones is 1. The number of allylic oxidation sites excluding steroid dienone is 2. The van der Waals surface area contributed by atoms with Gasteiger partial charge in [0.2, 0.25) is 0 Å². The van der Waals surface area contributed by atoms with Gasteiger partial charge in [-0.25, -0.2) is 4.79 Å². The summed E-state index contributed by atoms with van der Waals surface area (Å²) in [5.74, 6) is -1.56. The van der Waals surface area contributed by atoms with Crippen LogP contribution in [0.2, 0.25) is 0 Å². The van der Waals surface area contributed by atoms with Crippen LogP contribution in [0.25, 0.3) is 0 Å². The van der Waals surface area contributed by atoms with Gasteiger partial charge in [-0.3, -0.25) is 14.9 Å². The Balaban J connectivity index is 2.09. The van der Waals surface area contributed by atoms with Gasteiger partial charge >= 0.3 is 11.7 Å². The molecule has 1 atom stereocenters. The molecule has 1 aromatic rings. The second-order valence-corrected chi connectivity index (χ2v) is 7.66. The summed E-state index contributed by atoms with van der Waals surface area (Å²) < 4.78 is 10.5. The standard InChI is InChI=1S/C20H22N2O6/c1-4-27-19(24)12-7-5-11(6-8-12)15-16-13(23)9-20(2,3)10-14(16)28-18(21)17(15)22(25)26/h5-8,15H,4,9-10,21H2,1-3H3. The lowest BCUT2D eigenvalue weighted by molar-refractivity contribution is -0.433. The second kappa shape index (κ2) is 7.10. The lowest BCUT2D eigenvalue weighted by Gasteiger charge is -2.36. The molecule has 0 radical (unpaired) electrons. The first-order valence-corrected chi connectivity index (χ1v) is 9.00. The predicted molar refractivity (Wildman–Crippen MR) is 99.5 cm³/mol. The van der Waals surface area contributed by atoms with Crippen molar-refractivity contribution in [2.75, 3.05) is 6.61 Å². The van der Waals surface area contributed by atoms with Crippen molar-refractivity contribution in [3.63, 3.8) is 0 Å². The Kier molecular flexibility index (Phi) is 4.97. The molecule has 148 valence electrons. The summed E-state index contributed by atoms with van der Waals surface area (Å²) in [5, 5.41) is 11.7. The van der Waals surface area contributed by atoms with E-state index in [1.165, 1.54) is 12.1 Å². The summed E-state index contributed by atoms with van der Waals surface area (Å²) in [4.78, 5) is 35.8. The lowest BCUT2D eigenvalue weighted by Crippen LogP contribution is -2.35. The third-order valence-electron chi connectivity index (χ3n) is 4.88. The van der Waals surface area contributed by atoms with Gasteiger partial charge in [0.05, 0.1) is 22.7 Å². The molecule has 1 aromatic carbocycles. The van der Waals surface area contributed by atoms with E-state index in [0.717, 1.165) is 0 Å². The zero-order valence-electron chi connectivity index (χ0n) is 16.0. The number of ether oxygens (including phenoxy) is 2. The monoisotopic (exact) mass is 386 g/mol. The Labute approximate surface area is 162 Å². The molecule has 0 saturated carbocycles. The minimum Gasteiger partial charge on any atom is -0.462 e. The van der Waals surface area contributed by atoms with Crippen molar-refractivity contribution in [2.45, 2.75) is 39.5 Å². The fourth-order valence-corrected chi connectivity index (χ4v) is 3.70. The molecule has 28 heavy (non-hydrogen) atoms. The van der Waals surface area contributed by atoms with Crippen LogP contribution in [-0.4, -0.2) is 23.3 Å². The minimum atomic E-state index is -0.946. The van der Waals surface area contributed by atoms with E-state index in [1.807, 2.05) is 13.8 Å². The van der Waals surface area contributed by atoms with Gasteiger partial charge in [-0.05, 0) is 30.0 Å². The number of carbonyl (C=O) groups is 2. The molecule has 1 unspecified atom stereocenters. The van der Waals surface area contributed by atoms with Gasteiger partial charge in [-0.1, -0.05) is 26.0 Å². The summed E-state index contributed by atoms with van der Waals surface area (Å²) in [6.07, 6.45) is 0.717. The Morgan fingerprint density at radius 3 is 2.54 bits per heavy atom. The van der Waals surface area contributed by atoms with Crippen LogP contribution < -0.4 is 5.73 Å². The van der Waals surface area contributed by atoms with E-state index >= 15 is 0 Å². The Morgan fingerprint density at radius 2 is 1.96 bits per heavy atom. The van der Waals surface area contributed by atoms with E-state index < -0.39 is 16.8 Å². The van der Waals surface area contributed by atoms with Gasteiger partial charge in [0, 0.05) is 12.8 Å². The molecule has 0 aromatic heterocycles. The van der Waals surface area contributed by atoms with E-state index in [2.05, 4.69) is 0 Å². The number of hydrogen-bond donors (Lipinski definition) is 1. The van der Waals surface area contributed by atoms with Crippen molar-refractivity contribution < 1.29 is 24.0 Å². The number of hydrogen-bond acceptors (Lipinski definition) is 7. The van der Waals surface area contributed by atoms with E-state index in [-0.39, 0.29) is 41.4 Å². The molecule has 0 bridgehead atoms. The molecule has 2 N–H and O–H groups in total. The Morgan fingerprint density at radius 1 is 1.32 bits per heavy atom. The highest BCUT2D eigenvalue weighted by molar-refractivity contribution is 5.99. The molecule has 8 heteroatoms. The maximum Gasteiger partial charge on any atom is 0.338 e. The van der Waals surface area contributed by atoms with E-state index in [4.69, 9.17) is 15.2 Å². The molecule has 8 nitrogen and oxygen atoms in total. The topological polar surface area (TPSA) is 122 Å². The highest BCUT2D eigenvalue weighted by atomic mass is 16.6. The molecular formula is C20H22N2O6. The predicted octanol–water partition coefficient (Wildman–Crippen LogP) is 3.02. The van der Waals surface area contributed by atoms with Crippen molar-refractivity contribution in [3.8, 4) is 0 Å². The van der Waals surface area contributed by atoms with Crippen LogP contribution in [0, 0.1) is 15.5 Å². The third-order valence-corrected chi connectivity index (χ3v) is 4.88. The number of nitro groups is 1. The largest absolute Gasteiger partial charge is 0.462 e. The van der Waals surface area contributed by atoms with Crippen LogP contribution in [0.5, 0.6) is 0 Å². The zero-order valence-corrected chi connectivity index (χ0v) is 16.0. The zero-order chi connectivity index (χ0) is 20.6. The van der Waals surface area contributed by atoms with Crippen LogP contribution in [0.3, 0.4) is 0 Å². The number of nitrogens with two attached hydrogens (primary N) is 1. The average molecular weight is 386 g/mol. The highest BCUT2D eigenvalue weighted by Crippen LogP contribution is 2.48. The second-order valence-electron chi connectivity index (χ2n) is 7.66. The Bertz CT molecular complexity index is 911. The molecule has 3 rings (SSSR count). The van der Waals surface area contributed by atoms with Crippen LogP contribution >= 0.6 is 0 Å². The SMILES string of the molecule is CCOC(=O)c1ccc(C2C3=C(CC(C)(C)CC3=O)OC(N)=C2[N+](=O)[O-])cc1. The first kappa shape index (κ1) is 19.6. The van der Waals surface area contributed by atoms with Crippen molar-refractivity contribution in [3.05, 3.63) is 68.4 Å². The maximum atomic E-state index is 12.9. The van der Waals surface area contributed by atoms with Gasteiger partial charge in [-0.15, -0.1) is 0 Å². The molecule has 0 fully saturated rings. The summed E-state index contributed by atoms with van der Waals surface area (Å²) in [5.41, 5.74) is 6.26. The Hall–Kier alpha value is -3.16. The summed E-state index contributed by atoms with van der Waals surface area (Å²) >= 11 is 0. The number of rotatable bonds is 4. The number of esters is 1. The molecule has 0 amide bonds. The van der Waals surface area contributed by atoms with Gasteiger partial charge in [-0.2, -0.15) is 0 Å². The van der Waals surface area contributed by atoms with Crippen molar-refractivity contribution >= 4 is 11.8 Å². The summed E-state index contributed by atoms with van der Waals surface area (Å²) in [7, 11) is 0. The number of nitrogens with zero attached hydrogens (tertiary/aromatic N) is 1. The molecule has 1 heterocycles. The highest BCUT2D eigenvalue weighted by Gasteiger charge is 2.47. The normalized spacial score (nSPS) is 21.1. The van der Waals surface area contributed by atoms with Crippen molar-refractivity contribution in [2.24, 2.45) is 11.1 Å². The first-order chi connectivity index (χ1) is 13.1. The smallest absolute Gasteiger partial charge is 0.338 e. The lowest BCUT2D eigenvalue weighted by atomic mass is 9.71. The first-order valence-electron chi connectivity index (χ1n) is 9.00. The van der Waals surface area contributed by atoms with Crippen molar-refractivity contribution in [1.82, 2.24) is 0 Å². The van der Waals surface area contributed by atoms with E-state index in [0.29, 0.717) is 23.3 Å². The maximum absolute atomic E-state index is 12.9. The van der Waals surface area contributed by atoms with Crippen LogP contribution in [0.15, 0.2) is 47.2 Å². The van der Waals surface area contributed by atoms with Crippen LogP contribution in [0.1, 0.15) is 55.5 Å². The molecule has 0 saturated heterocycles. The van der Waals surface area contributed by atoms with Gasteiger partial charge in [0.25, 0.3) is 5.88 Å². The van der Waals surface area contributed by atoms with Crippen LogP contribution in [0.4, 0.5) is 0 Å². The molecule has 0 spiro atoms. The average Bonchev–Trinajstić information content (AvgIpc) is 2.59. The number of carbonyl (C=O) groups excluding carboxylic acids is 2. The quantitative estimate of drug-likeness (QED) is 0.479. The molecule has 1 aliphatic carbocycles. The molecule has 1 aliphatic heterocycles. The van der Waals surface area contributed by atoms with Crippen molar-refractivity contribution in [1.29, 1.82) is 0 Å². The minimum absolute atomic E-state index is 0.197. The van der Waals surface area contributed by atoms with Gasteiger partial charge < -0.3 is 15.2 Å². The molecule has 2 aliphatic rings. The number of Topliss-reactive ketones (excluding diaryl/α,β-unsaturated/α-hetero) is 1. The fourth-order valence-electron chi connectivity index (χ4n) is 3.70. The van der Waals surface area contributed by atoms with E-state index in [1.54, 1.807) is 19.1 Å². The van der Waals surface area contributed by atoms with Gasteiger partial charge in [0.1, 0.15) is 11.7 Å². The van der Waals surface area contributed by atoms with Gasteiger partial charge in [0.15, 0.2) is 5.78 Å². The summed E-state index contributed by atoms with van der Waals surface area (Å²) in [6.45, 7) is 5.81. The molecular weight excluding hydrogens is 364 g/mol. The summed E-state index contributed by atoms with van der Waals surface area (Å²) in [6, 6.07) is 6.20. The van der Waals surface area contributed by atoms with Crippen LogP contribution in [-0.2, 0) is 14.3 Å². The van der Waals surface area contributed by atoms with E-state index in [9.17, 15) is 19.7 Å².